The average Bonchev–Trinajstić information content (AvgIpc) is 1.59. The molecular formula is C68H42B24N8O4. The summed E-state index contributed by atoms with van der Waals surface area (Å²) in [4.78, 5) is 39.2. The number of nitrogens with zero attached hydrogens (tertiary/aromatic N) is 6. The number of fused-ring (bicyclic) bond motifs is 20. The molecule has 6 aliphatic rings. The van der Waals surface area contributed by atoms with Crippen LogP contribution >= 0.6 is 0 Å². The van der Waals surface area contributed by atoms with Gasteiger partial charge in [0.15, 0.2) is 23.3 Å². The minimum absolute atomic E-state index is 0.00768. The van der Waals surface area contributed by atoms with Crippen molar-refractivity contribution in [1.29, 1.82) is 0 Å². The highest BCUT2D eigenvalue weighted by atomic mass is 16.5. The normalized spacial score (nSPS) is 22.2. The van der Waals surface area contributed by atoms with Crippen molar-refractivity contribution in [3.63, 3.8) is 0 Å². The van der Waals surface area contributed by atoms with Crippen LogP contribution in [0.1, 0.15) is 22.3 Å². The molecule has 32 radical (unpaired) electrons. The summed E-state index contributed by atoms with van der Waals surface area (Å²) >= 11 is 0. The Kier molecular flexibility index (Phi) is 17.9. The SMILES string of the molecule is [B][11B]C1[11B]([B])C1([11B][B])Cc1ccc(Oc2ccc3c(c2)-c2nc-3nc3[nH]c(nc4nc(nc5[nH]c(n2)c2ccc(Oc6ccc(CC7([11B][B])[11B]([B])C7[11B][B])cc6)cc52)-c2cc(Oc5ccc(CC6([11B][B])[11B]([B])C6[11B][B])cc5)ccc2-4)c2cc(Oc4ccc(CC5([11B][B])[11B]([B])C5[11B][B])cc4)ccc32)cc1. The fourth-order valence-electron chi connectivity index (χ4n) is 16.0. The summed E-state index contributed by atoms with van der Waals surface area (Å²) in [5.41, 5.74) is 8.58. The van der Waals surface area contributed by atoms with Crippen molar-refractivity contribution in [2.45, 2.75) is 69.4 Å². The maximum Gasteiger partial charge on any atom is 0.164 e. The molecule has 9 heterocycles. The largest absolute Gasteiger partial charge is 0.457 e. The van der Waals surface area contributed by atoms with Crippen LogP contribution in [-0.4, -0.2) is 216 Å². The first-order valence-electron chi connectivity index (χ1n) is 34.5. The first-order chi connectivity index (χ1) is 50.6. The van der Waals surface area contributed by atoms with Gasteiger partial charge >= 0.3 is 0 Å². The zero-order valence-corrected chi connectivity index (χ0v) is 56.5. The van der Waals surface area contributed by atoms with Crippen molar-refractivity contribution < 1.29 is 18.9 Å². The van der Waals surface area contributed by atoms with E-state index in [2.05, 4.69) is 9.97 Å². The second-order valence-corrected chi connectivity index (χ2v) is 28.2. The Bertz CT molecular complexity index is 5370. The van der Waals surface area contributed by atoms with E-state index >= 15 is 0 Å². The number of nitrogens with one attached hydrogen (secondary N) is 2. The van der Waals surface area contributed by atoms with Crippen LogP contribution in [0.2, 0.25) is 43.7 Å². The van der Waals surface area contributed by atoms with Crippen molar-refractivity contribution in [2.24, 2.45) is 0 Å². The molecule has 3 aromatic heterocycles. The summed E-state index contributed by atoms with van der Waals surface area (Å²) in [7, 11) is 87.5. The van der Waals surface area contributed by atoms with Gasteiger partial charge in [0, 0.05) is 165 Å². The van der Waals surface area contributed by atoms with Gasteiger partial charge in [0.2, 0.25) is 0 Å². The van der Waals surface area contributed by atoms with Crippen molar-refractivity contribution in [2.75, 3.05) is 0 Å². The molecule has 36 heteroatoms. The van der Waals surface area contributed by atoms with Crippen molar-refractivity contribution >= 4 is 221 Å². The van der Waals surface area contributed by atoms with Crippen LogP contribution in [-0.2, 0) is 25.7 Å². The number of benzene rings is 8. The van der Waals surface area contributed by atoms with Gasteiger partial charge in [-0.2, -0.15) is 0 Å². The Morgan fingerprint density at radius 2 is 0.529 bits per heavy atom. The van der Waals surface area contributed by atoms with E-state index in [-0.39, 0.29) is 49.3 Å². The minimum Gasteiger partial charge on any atom is -0.457 e. The Hall–Kier alpha value is -8.12. The maximum atomic E-state index is 6.64. The first kappa shape index (κ1) is 69.0. The van der Waals surface area contributed by atoms with Crippen LogP contribution < -0.4 is 18.9 Å². The van der Waals surface area contributed by atoms with E-state index in [9.17, 15) is 0 Å². The summed E-state index contributed by atoms with van der Waals surface area (Å²) in [5.74, 6) is 6.00. The number of hydrogen-bond acceptors (Lipinski definition) is 10. The summed E-state index contributed by atoms with van der Waals surface area (Å²) in [6, 6.07) is 54.5. The van der Waals surface area contributed by atoms with E-state index in [4.69, 9.17) is 142 Å². The smallest absolute Gasteiger partial charge is 0.164 e. The fraction of sp³-hybridized carbons (Fsp3) is 0.176. The number of hydrogen-bond donors (Lipinski definition) is 2. The van der Waals surface area contributed by atoms with Crippen molar-refractivity contribution in [3.8, 4) is 91.5 Å². The lowest BCUT2D eigenvalue weighted by atomic mass is 9.38. The van der Waals surface area contributed by atoms with E-state index in [0.29, 0.717) is 156 Å². The van der Waals surface area contributed by atoms with E-state index in [1.807, 2.05) is 170 Å². The zero-order chi connectivity index (χ0) is 71.6. The molecule has 17 rings (SSSR count). The lowest BCUT2D eigenvalue weighted by Crippen LogP contribution is -2.15. The standard InChI is InChI=1S/C68H42B24N8O4/c69-81-61-65(85-73,89(61)77)29-33-1-9-37(10-2-33)101-41-17-21-45-49(25-41)57-94-53(45)93-54-46-22-18-42(102-38-11-3-34(4-12-38)30-66(86-74)62(82-70)90(66)78)26-50(46)58(95-54)97-56-48-24-20-44(104-40-15-7-36(8-16-40)32-68(88-76)64(84-72)92(68)80)28-52(48)60(99-56)100-59-51-27-43(19-23-47(51)55(96-57)98-59)103-39-13-5-35(6-14-39)31-67(87-75)63(83-71)91(67)79/h1-28,61-64H,29-32H2,(H2,93,94,95,96,97,98,99,100)/i81+0,82+0,83+0,84+0,85+0,86+0,87+0,88+0,89+0,90+0,91+0,92+0. The van der Waals surface area contributed by atoms with Crippen LogP contribution in [0.25, 0.3) is 89.7 Å². The average molecular weight is 1300 g/mol. The molecule has 12 nitrogen and oxygen atoms in total. The zero-order valence-electron chi connectivity index (χ0n) is 56.5. The van der Waals surface area contributed by atoms with Gasteiger partial charge in [-0.25, -0.2) is 29.9 Å². The lowest BCUT2D eigenvalue weighted by molar-refractivity contribution is 0.482. The predicted octanol–water partition coefficient (Wildman–Crippen LogP) is 7.31. The Balaban J connectivity index is 0.794. The van der Waals surface area contributed by atoms with Gasteiger partial charge in [-0.05, 0) is 169 Å². The highest BCUT2D eigenvalue weighted by Gasteiger charge is 2.61. The summed E-state index contributed by atoms with van der Waals surface area (Å²) in [6.07, 6.45) is 2.51. The minimum atomic E-state index is -0.413. The second kappa shape index (κ2) is 27.0. The number of ether oxygens (including phenoxy) is 4. The molecule has 8 bridgehead atoms. The van der Waals surface area contributed by atoms with Gasteiger partial charge in [-0.3, -0.25) is 0 Å². The molecule has 0 spiro atoms. The molecule has 104 heavy (non-hydrogen) atoms. The highest BCUT2D eigenvalue weighted by Crippen LogP contribution is 2.64. The molecule has 8 unspecified atom stereocenters. The third-order valence-electron chi connectivity index (χ3n) is 22.5. The van der Waals surface area contributed by atoms with Crippen LogP contribution in [0.3, 0.4) is 0 Å². The summed E-state index contributed by atoms with van der Waals surface area (Å²) < 4.78 is 26.5. The monoisotopic (exact) mass is 1300 g/mol. The summed E-state index contributed by atoms with van der Waals surface area (Å²) in [6.45, 7) is -0.632. The molecule has 0 amide bonds. The van der Waals surface area contributed by atoms with Crippen molar-refractivity contribution in [1.82, 2.24) is 39.9 Å². The van der Waals surface area contributed by atoms with Crippen molar-refractivity contribution in [3.05, 3.63) is 192 Å². The molecule has 8 atom stereocenters. The van der Waals surface area contributed by atoms with Gasteiger partial charge in [-0.1, -0.05) is 48.5 Å². The topological polar surface area (TPSA) is 146 Å². The molecule has 0 saturated carbocycles. The van der Waals surface area contributed by atoms with E-state index in [0.717, 1.165) is 27.6 Å². The van der Waals surface area contributed by atoms with Crippen LogP contribution in [0.15, 0.2) is 170 Å². The Morgan fingerprint density at radius 3 is 0.788 bits per heavy atom. The Labute approximate surface area is 628 Å². The van der Waals surface area contributed by atoms with Gasteiger partial charge in [0.1, 0.15) is 68.6 Å². The second-order valence-electron chi connectivity index (χ2n) is 28.2. The Morgan fingerprint density at radius 1 is 0.288 bits per heavy atom. The highest BCUT2D eigenvalue weighted by molar-refractivity contribution is 7.30. The molecule has 6 aliphatic heterocycles. The van der Waals surface area contributed by atoms with Gasteiger partial charge in [0.25, 0.3) is 0 Å². The third kappa shape index (κ3) is 12.0. The van der Waals surface area contributed by atoms with E-state index in [1.165, 1.54) is 0 Å². The van der Waals surface area contributed by atoms with Crippen LogP contribution in [0, 0.1) is 0 Å². The molecule has 4 saturated heterocycles. The molecule has 2 N–H and O–H groups in total. The van der Waals surface area contributed by atoms with E-state index in [1.54, 1.807) is 57.4 Å². The number of aromatic nitrogens is 8. The first-order valence-corrected chi connectivity index (χ1v) is 34.5. The lowest BCUT2D eigenvalue weighted by Gasteiger charge is -2.17. The van der Waals surface area contributed by atoms with Crippen LogP contribution in [0.5, 0.6) is 46.0 Å². The number of H-pyrrole nitrogens is 2. The summed E-state index contributed by atoms with van der Waals surface area (Å²) in [5, 5.41) is 1.15. The number of rotatable bonds is 24. The quantitative estimate of drug-likeness (QED) is 0.0592. The molecule has 450 valence electrons. The predicted molar refractivity (Wildman–Crippen MR) is 441 cm³/mol. The van der Waals surface area contributed by atoms with E-state index < -0.39 is 20.9 Å². The molecule has 0 aliphatic carbocycles. The molecular weight excluding hydrogens is 1250 g/mol. The third-order valence-corrected chi connectivity index (χ3v) is 22.5. The van der Waals surface area contributed by atoms with Gasteiger partial charge in [0.05, 0.1) is 55.1 Å². The van der Waals surface area contributed by atoms with Gasteiger partial charge in [-0.15, -0.1) is 43.7 Å². The molecule has 11 aromatic rings. The number of aromatic amines is 2. The molecule has 4 fully saturated rings. The maximum absolute atomic E-state index is 6.64. The fourth-order valence-corrected chi connectivity index (χ4v) is 16.0. The van der Waals surface area contributed by atoms with Gasteiger partial charge < -0.3 is 28.9 Å². The van der Waals surface area contributed by atoms with Crippen LogP contribution in [0.4, 0.5) is 0 Å². The molecule has 8 aromatic carbocycles.